The molecule has 0 atom stereocenters. The third-order valence-electron chi connectivity index (χ3n) is 4.25. The molecule has 0 unspecified atom stereocenters. The predicted molar refractivity (Wildman–Crippen MR) is 104 cm³/mol. The lowest BCUT2D eigenvalue weighted by Gasteiger charge is -2.08. The number of ether oxygens (including phenoxy) is 1. The van der Waals surface area contributed by atoms with E-state index < -0.39 is 0 Å². The summed E-state index contributed by atoms with van der Waals surface area (Å²) in [5.74, 6) is 1.76. The number of carbonyl (C=O) groups is 1. The number of rotatable bonds is 7. The van der Waals surface area contributed by atoms with Gasteiger partial charge in [0.1, 0.15) is 5.75 Å². The van der Waals surface area contributed by atoms with E-state index in [0.717, 1.165) is 22.6 Å². The Balaban J connectivity index is 1.52. The molecule has 1 N–H and O–H groups in total. The topological polar surface area (TPSA) is 77.2 Å². The van der Waals surface area contributed by atoms with Crippen LogP contribution in [0.1, 0.15) is 29.9 Å². The second-order valence-corrected chi connectivity index (χ2v) is 6.46. The molecule has 0 saturated carbocycles. The van der Waals surface area contributed by atoms with Crippen molar-refractivity contribution in [2.75, 3.05) is 12.4 Å². The number of methoxy groups -OCH3 is 1. The Kier molecular flexibility index (Phi) is 5.86. The molecule has 3 aromatic rings. The van der Waals surface area contributed by atoms with Gasteiger partial charge >= 0.3 is 0 Å². The summed E-state index contributed by atoms with van der Waals surface area (Å²) in [6.45, 7) is 4.02. The van der Waals surface area contributed by atoms with E-state index >= 15 is 0 Å². The van der Waals surface area contributed by atoms with Crippen molar-refractivity contribution in [1.29, 1.82) is 0 Å². The van der Waals surface area contributed by atoms with Crippen LogP contribution in [0.5, 0.6) is 5.75 Å². The standard InChI is InChI=1S/C21H23N3O3/c1-14-10-11-18(15(2)12-14)22-19(25)8-5-9-20-23-21(24-27-20)16-6-4-7-17(13-16)26-3/h4,6-7,10-13H,5,8-9H2,1-3H3,(H,22,25). The number of benzene rings is 2. The van der Waals surface area contributed by atoms with E-state index in [2.05, 4.69) is 15.5 Å². The number of hydrogen-bond acceptors (Lipinski definition) is 5. The predicted octanol–water partition coefficient (Wildman–Crippen LogP) is 4.32. The van der Waals surface area contributed by atoms with Crippen LogP contribution in [0.3, 0.4) is 0 Å². The lowest BCUT2D eigenvalue weighted by Crippen LogP contribution is -2.12. The molecular formula is C21H23N3O3. The van der Waals surface area contributed by atoms with Crippen molar-refractivity contribution >= 4 is 11.6 Å². The van der Waals surface area contributed by atoms with Crippen LogP contribution in [-0.4, -0.2) is 23.2 Å². The first kappa shape index (κ1) is 18.6. The molecule has 0 saturated heterocycles. The van der Waals surface area contributed by atoms with Crippen LogP contribution in [0, 0.1) is 13.8 Å². The zero-order chi connectivity index (χ0) is 19.2. The molecule has 140 valence electrons. The smallest absolute Gasteiger partial charge is 0.226 e. The van der Waals surface area contributed by atoms with E-state index in [1.54, 1.807) is 7.11 Å². The SMILES string of the molecule is COc1cccc(-c2noc(CCCC(=O)Nc3ccc(C)cc3C)n2)c1. The summed E-state index contributed by atoms with van der Waals surface area (Å²) in [7, 11) is 1.61. The van der Waals surface area contributed by atoms with Gasteiger partial charge in [0.15, 0.2) is 0 Å². The van der Waals surface area contributed by atoms with Crippen LogP contribution < -0.4 is 10.1 Å². The van der Waals surface area contributed by atoms with Gasteiger partial charge in [-0.3, -0.25) is 4.79 Å². The number of carbonyl (C=O) groups excluding carboxylic acids is 1. The fraction of sp³-hybridized carbons (Fsp3) is 0.286. The highest BCUT2D eigenvalue weighted by atomic mass is 16.5. The molecule has 3 rings (SSSR count). The number of aromatic nitrogens is 2. The highest BCUT2D eigenvalue weighted by molar-refractivity contribution is 5.91. The number of nitrogens with one attached hydrogen (secondary N) is 1. The quantitative estimate of drug-likeness (QED) is 0.674. The van der Waals surface area contributed by atoms with E-state index in [4.69, 9.17) is 9.26 Å². The van der Waals surface area contributed by atoms with Gasteiger partial charge in [0.05, 0.1) is 7.11 Å². The van der Waals surface area contributed by atoms with E-state index in [9.17, 15) is 4.79 Å². The van der Waals surface area contributed by atoms with Crippen LogP contribution in [0.2, 0.25) is 0 Å². The minimum atomic E-state index is -0.0190. The third kappa shape index (κ3) is 4.94. The minimum absolute atomic E-state index is 0.0190. The van der Waals surface area contributed by atoms with Crippen LogP contribution >= 0.6 is 0 Å². The number of amides is 1. The zero-order valence-electron chi connectivity index (χ0n) is 15.8. The molecular weight excluding hydrogens is 342 g/mol. The first-order valence-corrected chi connectivity index (χ1v) is 8.89. The molecule has 0 aliphatic heterocycles. The van der Waals surface area contributed by atoms with E-state index in [1.165, 1.54) is 5.56 Å². The Morgan fingerprint density at radius 2 is 2.04 bits per heavy atom. The number of nitrogens with zero attached hydrogens (tertiary/aromatic N) is 2. The van der Waals surface area contributed by atoms with Gasteiger partial charge in [-0.15, -0.1) is 0 Å². The second kappa shape index (κ2) is 8.49. The molecule has 1 aromatic heterocycles. The monoisotopic (exact) mass is 365 g/mol. The zero-order valence-corrected chi connectivity index (χ0v) is 15.8. The molecule has 0 bridgehead atoms. The average Bonchev–Trinajstić information content (AvgIpc) is 3.13. The van der Waals surface area contributed by atoms with Gasteiger partial charge < -0.3 is 14.6 Å². The van der Waals surface area contributed by atoms with Crippen LogP contribution in [0.15, 0.2) is 47.0 Å². The second-order valence-electron chi connectivity index (χ2n) is 6.46. The van der Waals surface area contributed by atoms with Crippen molar-refractivity contribution in [3.8, 4) is 17.1 Å². The maximum Gasteiger partial charge on any atom is 0.226 e. The van der Waals surface area contributed by atoms with Crippen LogP contribution in [0.25, 0.3) is 11.4 Å². The molecule has 0 spiro atoms. The summed E-state index contributed by atoms with van der Waals surface area (Å²) in [6.07, 6.45) is 1.58. The molecule has 0 aliphatic rings. The van der Waals surface area contributed by atoms with Crippen LogP contribution in [-0.2, 0) is 11.2 Å². The van der Waals surface area contributed by atoms with Crippen molar-refractivity contribution < 1.29 is 14.1 Å². The lowest BCUT2D eigenvalue weighted by atomic mass is 10.1. The minimum Gasteiger partial charge on any atom is -0.497 e. The fourth-order valence-electron chi connectivity index (χ4n) is 2.80. The Hall–Kier alpha value is -3.15. The van der Waals surface area contributed by atoms with Crippen molar-refractivity contribution in [3.63, 3.8) is 0 Å². The highest BCUT2D eigenvalue weighted by Gasteiger charge is 2.11. The average molecular weight is 365 g/mol. The van der Waals surface area contributed by atoms with Crippen molar-refractivity contribution in [2.24, 2.45) is 0 Å². The number of aryl methyl sites for hydroxylation is 3. The van der Waals surface area contributed by atoms with E-state index in [1.807, 2.05) is 56.3 Å². The molecule has 0 aliphatic carbocycles. The van der Waals surface area contributed by atoms with Crippen molar-refractivity contribution in [2.45, 2.75) is 33.1 Å². The third-order valence-corrected chi connectivity index (χ3v) is 4.25. The normalized spacial score (nSPS) is 10.6. The Morgan fingerprint density at radius 3 is 2.81 bits per heavy atom. The summed E-state index contributed by atoms with van der Waals surface area (Å²) < 4.78 is 10.5. The summed E-state index contributed by atoms with van der Waals surface area (Å²) >= 11 is 0. The maximum absolute atomic E-state index is 12.1. The van der Waals surface area contributed by atoms with E-state index in [0.29, 0.717) is 31.0 Å². The summed E-state index contributed by atoms with van der Waals surface area (Å²) in [4.78, 5) is 16.5. The Morgan fingerprint density at radius 1 is 1.19 bits per heavy atom. The lowest BCUT2D eigenvalue weighted by molar-refractivity contribution is -0.116. The maximum atomic E-state index is 12.1. The Bertz CT molecular complexity index is 934. The molecule has 2 aromatic carbocycles. The fourth-order valence-corrected chi connectivity index (χ4v) is 2.80. The van der Waals surface area contributed by atoms with Gasteiger partial charge in [-0.2, -0.15) is 4.98 Å². The van der Waals surface area contributed by atoms with Gasteiger partial charge in [0, 0.05) is 24.1 Å². The molecule has 0 radical (unpaired) electrons. The number of anilines is 1. The van der Waals surface area contributed by atoms with Crippen LogP contribution in [0.4, 0.5) is 5.69 Å². The Labute approximate surface area is 158 Å². The van der Waals surface area contributed by atoms with Gasteiger partial charge in [-0.25, -0.2) is 0 Å². The van der Waals surface area contributed by atoms with Crippen molar-refractivity contribution in [3.05, 3.63) is 59.5 Å². The summed E-state index contributed by atoms with van der Waals surface area (Å²) in [5, 5.41) is 6.95. The summed E-state index contributed by atoms with van der Waals surface area (Å²) in [6, 6.07) is 13.5. The largest absolute Gasteiger partial charge is 0.497 e. The summed E-state index contributed by atoms with van der Waals surface area (Å²) in [5.41, 5.74) is 3.91. The van der Waals surface area contributed by atoms with Gasteiger partial charge in [0.25, 0.3) is 0 Å². The number of hydrogen-bond donors (Lipinski definition) is 1. The van der Waals surface area contributed by atoms with Gasteiger partial charge in [0.2, 0.25) is 17.6 Å². The van der Waals surface area contributed by atoms with E-state index in [-0.39, 0.29) is 5.91 Å². The van der Waals surface area contributed by atoms with Gasteiger partial charge in [-0.05, 0) is 44.0 Å². The molecule has 6 nitrogen and oxygen atoms in total. The molecule has 0 fully saturated rings. The molecule has 27 heavy (non-hydrogen) atoms. The van der Waals surface area contributed by atoms with Gasteiger partial charge in [-0.1, -0.05) is 35.0 Å². The molecule has 1 amide bonds. The highest BCUT2D eigenvalue weighted by Crippen LogP contribution is 2.21. The first-order chi connectivity index (χ1) is 13.0. The first-order valence-electron chi connectivity index (χ1n) is 8.89. The molecule has 6 heteroatoms. The van der Waals surface area contributed by atoms with Crippen molar-refractivity contribution in [1.82, 2.24) is 10.1 Å². The molecule has 1 heterocycles.